The van der Waals surface area contributed by atoms with Crippen molar-refractivity contribution in [3.05, 3.63) is 17.1 Å². The first-order valence-corrected chi connectivity index (χ1v) is 6.24. The fourth-order valence-electron chi connectivity index (χ4n) is 1.73. The van der Waals surface area contributed by atoms with Crippen molar-refractivity contribution < 1.29 is 4.57 Å². The molecular formula is C10H10N3S2+. The van der Waals surface area contributed by atoms with Crippen molar-refractivity contribution in [3.8, 4) is 0 Å². The zero-order chi connectivity index (χ0) is 10.6. The number of fused-ring (bicyclic) bond motifs is 3. The second-order valence-electron chi connectivity index (χ2n) is 3.49. The first-order chi connectivity index (χ1) is 7.16. The lowest BCUT2D eigenvalue weighted by Crippen LogP contribution is -2.29. The second-order valence-corrected chi connectivity index (χ2v) is 5.76. The zero-order valence-electron chi connectivity index (χ0n) is 8.44. The number of benzene rings is 1. The van der Waals surface area contributed by atoms with Crippen LogP contribution >= 0.6 is 22.7 Å². The number of nitrogen functional groups attached to an aromatic ring is 1. The van der Waals surface area contributed by atoms with Gasteiger partial charge in [-0.3, -0.25) is 5.73 Å². The molecule has 0 aliphatic carbocycles. The summed E-state index contributed by atoms with van der Waals surface area (Å²) in [5.74, 6) is 0. The van der Waals surface area contributed by atoms with E-state index in [-0.39, 0.29) is 0 Å². The fourth-order valence-corrected chi connectivity index (χ4v) is 3.63. The van der Waals surface area contributed by atoms with E-state index < -0.39 is 0 Å². The molecule has 0 amide bonds. The highest BCUT2D eigenvalue weighted by Crippen LogP contribution is 2.32. The predicted molar refractivity (Wildman–Crippen MR) is 65.3 cm³/mol. The number of hydrogen-bond donors (Lipinski definition) is 1. The second kappa shape index (κ2) is 2.90. The van der Waals surface area contributed by atoms with Gasteiger partial charge in [0.05, 0.1) is 16.8 Å². The highest BCUT2D eigenvalue weighted by molar-refractivity contribution is 7.24. The number of aromatic nitrogens is 2. The van der Waals surface area contributed by atoms with E-state index in [2.05, 4.69) is 17.1 Å². The normalized spacial score (nSPS) is 11.6. The molecule has 0 saturated carbocycles. The van der Waals surface area contributed by atoms with E-state index in [1.54, 1.807) is 22.7 Å². The van der Waals surface area contributed by atoms with Gasteiger partial charge in [0.25, 0.3) is 0 Å². The van der Waals surface area contributed by atoms with Crippen LogP contribution in [0.3, 0.4) is 0 Å². The van der Waals surface area contributed by atoms with Gasteiger partial charge in [0.2, 0.25) is 0 Å². The zero-order valence-corrected chi connectivity index (χ0v) is 10.1. The first kappa shape index (κ1) is 9.06. The summed E-state index contributed by atoms with van der Waals surface area (Å²) in [6.07, 6.45) is 0. The van der Waals surface area contributed by atoms with Crippen molar-refractivity contribution in [3.63, 3.8) is 0 Å². The summed E-state index contributed by atoms with van der Waals surface area (Å²) in [7, 11) is 1.99. The third-order valence-corrected chi connectivity index (χ3v) is 4.52. The molecule has 1 aromatic carbocycles. The molecule has 3 rings (SSSR count). The number of aryl methyl sites for hydroxylation is 2. The lowest BCUT2D eigenvalue weighted by atomic mass is 10.3. The van der Waals surface area contributed by atoms with Gasteiger partial charge in [0, 0.05) is 0 Å². The summed E-state index contributed by atoms with van der Waals surface area (Å²) in [6.45, 7) is 2.04. The van der Waals surface area contributed by atoms with Crippen LogP contribution < -0.4 is 10.3 Å². The van der Waals surface area contributed by atoms with E-state index >= 15 is 0 Å². The largest absolute Gasteiger partial charge is 0.332 e. The van der Waals surface area contributed by atoms with Crippen molar-refractivity contribution in [1.29, 1.82) is 0 Å². The average molecular weight is 236 g/mol. The number of nitrogens with zero attached hydrogens (tertiary/aromatic N) is 2. The van der Waals surface area contributed by atoms with Gasteiger partial charge in [-0.05, 0) is 30.4 Å². The molecule has 0 saturated heterocycles. The van der Waals surface area contributed by atoms with Crippen LogP contribution in [0.5, 0.6) is 0 Å². The molecule has 0 radical (unpaired) electrons. The highest BCUT2D eigenvalue weighted by Gasteiger charge is 2.15. The van der Waals surface area contributed by atoms with Crippen LogP contribution in [0.4, 0.5) is 5.13 Å². The Morgan fingerprint density at radius 3 is 2.93 bits per heavy atom. The summed E-state index contributed by atoms with van der Waals surface area (Å²) >= 11 is 3.33. The number of rotatable bonds is 0. The SMILES string of the molecule is Cc1nc2c(ccc3c2sc(N)[n+]3C)s1. The van der Waals surface area contributed by atoms with Crippen molar-refractivity contribution in [2.75, 3.05) is 5.73 Å². The van der Waals surface area contributed by atoms with Crippen LogP contribution in [0, 0.1) is 6.92 Å². The third kappa shape index (κ3) is 1.16. The van der Waals surface area contributed by atoms with Gasteiger partial charge >= 0.3 is 5.13 Å². The minimum atomic E-state index is 0.822. The number of thiazole rings is 2. The molecule has 0 atom stereocenters. The van der Waals surface area contributed by atoms with Gasteiger partial charge in [0.1, 0.15) is 15.7 Å². The molecule has 3 nitrogen and oxygen atoms in total. The monoisotopic (exact) mass is 236 g/mol. The molecule has 0 aliphatic rings. The smallest absolute Gasteiger partial charge is 0.278 e. The van der Waals surface area contributed by atoms with Gasteiger partial charge in [-0.1, -0.05) is 0 Å². The van der Waals surface area contributed by atoms with E-state index in [4.69, 9.17) is 5.73 Å². The third-order valence-electron chi connectivity index (χ3n) is 2.50. The minimum absolute atomic E-state index is 0.822. The van der Waals surface area contributed by atoms with Gasteiger partial charge in [0.15, 0.2) is 0 Å². The molecule has 5 heteroatoms. The molecule has 15 heavy (non-hydrogen) atoms. The molecule has 0 unspecified atom stereocenters. The van der Waals surface area contributed by atoms with Crippen LogP contribution in [-0.2, 0) is 7.05 Å². The lowest BCUT2D eigenvalue weighted by molar-refractivity contribution is -0.626. The summed E-state index contributed by atoms with van der Waals surface area (Å²) in [4.78, 5) is 4.56. The Morgan fingerprint density at radius 2 is 2.13 bits per heavy atom. The maximum atomic E-state index is 5.91. The molecule has 0 bridgehead atoms. The van der Waals surface area contributed by atoms with Gasteiger partial charge in [-0.25, -0.2) is 9.55 Å². The van der Waals surface area contributed by atoms with Gasteiger partial charge < -0.3 is 0 Å². The van der Waals surface area contributed by atoms with Crippen molar-refractivity contribution in [2.45, 2.75) is 6.92 Å². The summed E-state index contributed by atoms with van der Waals surface area (Å²) in [5.41, 5.74) is 8.16. The minimum Gasteiger partial charge on any atom is -0.278 e. The molecule has 2 aromatic heterocycles. The first-order valence-electron chi connectivity index (χ1n) is 4.61. The molecule has 3 aromatic rings. The Morgan fingerprint density at radius 1 is 1.33 bits per heavy atom. The number of nitrogens with two attached hydrogens (primary N) is 1. The average Bonchev–Trinajstić information content (AvgIpc) is 2.69. The number of anilines is 1. The fraction of sp³-hybridized carbons (Fsp3) is 0.200. The molecule has 2 heterocycles. The lowest BCUT2D eigenvalue weighted by Gasteiger charge is -1.89. The molecule has 0 spiro atoms. The molecule has 76 valence electrons. The van der Waals surface area contributed by atoms with E-state index in [0.717, 1.165) is 21.2 Å². The maximum Gasteiger partial charge on any atom is 0.332 e. The van der Waals surface area contributed by atoms with Crippen LogP contribution in [0.2, 0.25) is 0 Å². The topological polar surface area (TPSA) is 42.8 Å². The summed E-state index contributed by atoms with van der Waals surface area (Å²) in [6, 6.07) is 4.23. The van der Waals surface area contributed by atoms with E-state index in [0.29, 0.717) is 0 Å². The van der Waals surface area contributed by atoms with E-state index in [1.807, 2.05) is 18.5 Å². The molecule has 0 fully saturated rings. The quantitative estimate of drug-likeness (QED) is 0.608. The molecular weight excluding hydrogens is 226 g/mol. The Kier molecular flexibility index (Phi) is 1.75. The van der Waals surface area contributed by atoms with Crippen molar-refractivity contribution in [1.82, 2.24) is 4.98 Å². The van der Waals surface area contributed by atoms with Crippen molar-refractivity contribution >= 4 is 48.2 Å². The van der Waals surface area contributed by atoms with E-state index in [9.17, 15) is 0 Å². The van der Waals surface area contributed by atoms with Crippen LogP contribution in [0.25, 0.3) is 20.4 Å². The summed E-state index contributed by atoms with van der Waals surface area (Å²) < 4.78 is 4.44. The Balaban J connectivity index is 2.59. The maximum absolute atomic E-state index is 5.91. The van der Waals surface area contributed by atoms with Crippen LogP contribution in [0.1, 0.15) is 5.01 Å². The predicted octanol–water partition coefficient (Wildman–Crippen LogP) is 2.23. The Hall–Kier alpha value is -1.20. The highest BCUT2D eigenvalue weighted by atomic mass is 32.1. The Labute approximate surface area is 94.8 Å². The van der Waals surface area contributed by atoms with Crippen LogP contribution in [-0.4, -0.2) is 4.98 Å². The van der Waals surface area contributed by atoms with Gasteiger partial charge in [-0.2, -0.15) is 0 Å². The van der Waals surface area contributed by atoms with Crippen LogP contribution in [0.15, 0.2) is 12.1 Å². The van der Waals surface area contributed by atoms with E-state index in [1.165, 1.54) is 9.40 Å². The molecule has 2 N–H and O–H groups in total. The molecule has 0 aliphatic heterocycles. The van der Waals surface area contributed by atoms with Crippen molar-refractivity contribution in [2.24, 2.45) is 7.05 Å². The Bertz CT molecular complexity index is 666. The van der Waals surface area contributed by atoms with Gasteiger partial charge in [-0.15, -0.1) is 11.3 Å². The number of hydrogen-bond acceptors (Lipinski definition) is 4. The summed E-state index contributed by atoms with van der Waals surface area (Å²) in [5, 5.41) is 1.93. The standard InChI is InChI=1S/C10H9N3S2/c1-5-12-8-7(14-5)4-3-6-9(8)15-10(11)13(6)2/h3-4,11H,1-2H3/p+1.